The third-order valence-electron chi connectivity index (χ3n) is 4.83. The van der Waals surface area contributed by atoms with Gasteiger partial charge in [0.15, 0.2) is 6.79 Å². The standard InChI is InChI=1S/C19H18N2O8/c22-17-6-12(7-20(17)8-16-2-1-3-27-16)19(23)28-10-14-5-15(21(24)25)4-13-9-26-11-29-18(13)14/h1-5,12H,6-11H2/t12-/m0/s1. The molecular formula is C19H18N2O8. The quantitative estimate of drug-likeness (QED) is 0.409. The number of amides is 1. The van der Waals surface area contributed by atoms with Crippen molar-refractivity contribution >= 4 is 17.6 Å². The van der Waals surface area contributed by atoms with Crippen LogP contribution in [0.3, 0.4) is 0 Å². The Morgan fingerprint density at radius 1 is 1.38 bits per heavy atom. The van der Waals surface area contributed by atoms with E-state index in [0.717, 1.165) is 0 Å². The highest BCUT2D eigenvalue weighted by Crippen LogP contribution is 2.33. The Hall–Kier alpha value is -3.40. The molecule has 1 aromatic heterocycles. The van der Waals surface area contributed by atoms with Crippen LogP contribution in [0, 0.1) is 16.0 Å². The Labute approximate surface area is 165 Å². The first kappa shape index (κ1) is 18.9. The Balaban J connectivity index is 1.41. The molecule has 1 aromatic carbocycles. The molecule has 10 heteroatoms. The number of likely N-dealkylation sites (tertiary alicyclic amines) is 1. The molecule has 0 bridgehead atoms. The number of carbonyl (C=O) groups is 2. The van der Waals surface area contributed by atoms with Crippen LogP contribution in [0.1, 0.15) is 23.3 Å². The Morgan fingerprint density at radius 3 is 3.00 bits per heavy atom. The molecule has 2 aliphatic heterocycles. The van der Waals surface area contributed by atoms with Crippen LogP contribution in [0.15, 0.2) is 34.9 Å². The third-order valence-corrected chi connectivity index (χ3v) is 4.83. The van der Waals surface area contributed by atoms with Gasteiger partial charge in [0.2, 0.25) is 5.91 Å². The zero-order chi connectivity index (χ0) is 20.4. The second kappa shape index (κ2) is 7.92. The molecule has 0 saturated carbocycles. The molecule has 152 valence electrons. The number of fused-ring (bicyclic) bond motifs is 1. The summed E-state index contributed by atoms with van der Waals surface area (Å²) in [6.45, 7) is 0.533. The van der Waals surface area contributed by atoms with Gasteiger partial charge in [0.05, 0.1) is 30.3 Å². The molecule has 2 aromatic rings. The van der Waals surface area contributed by atoms with Crippen molar-refractivity contribution in [3.8, 4) is 5.75 Å². The number of hydrogen-bond donors (Lipinski definition) is 0. The average molecular weight is 402 g/mol. The minimum atomic E-state index is -0.601. The van der Waals surface area contributed by atoms with Gasteiger partial charge in [-0.3, -0.25) is 19.7 Å². The minimum absolute atomic E-state index is 0.0185. The Kier molecular flexibility index (Phi) is 5.17. The number of carbonyl (C=O) groups excluding carboxylic acids is 2. The maximum absolute atomic E-state index is 12.5. The van der Waals surface area contributed by atoms with E-state index in [2.05, 4.69) is 0 Å². The van der Waals surface area contributed by atoms with Gasteiger partial charge < -0.3 is 23.5 Å². The first-order valence-electron chi connectivity index (χ1n) is 8.99. The highest BCUT2D eigenvalue weighted by Gasteiger charge is 2.36. The molecule has 10 nitrogen and oxygen atoms in total. The summed E-state index contributed by atoms with van der Waals surface area (Å²) in [6, 6.07) is 6.19. The van der Waals surface area contributed by atoms with Gasteiger partial charge >= 0.3 is 5.97 Å². The maximum atomic E-state index is 12.5. The van der Waals surface area contributed by atoms with Crippen molar-refractivity contribution in [1.29, 1.82) is 0 Å². The first-order valence-corrected chi connectivity index (χ1v) is 8.99. The lowest BCUT2D eigenvalue weighted by atomic mass is 10.1. The molecule has 0 N–H and O–H groups in total. The monoisotopic (exact) mass is 402 g/mol. The average Bonchev–Trinajstić information content (AvgIpc) is 3.36. The predicted molar refractivity (Wildman–Crippen MR) is 95.4 cm³/mol. The lowest BCUT2D eigenvalue weighted by molar-refractivity contribution is -0.385. The van der Waals surface area contributed by atoms with Crippen LogP contribution >= 0.6 is 0 Å². The molecule has 1 saturated heterocycles. The summed E-state index contributed by atoms with van der Waals surface area (Å²) in [5.41, 5.74) is 0.782. The van der Waals surface area contributed by atoms with Gasteiger partial charge in [0.1, 0.15) is 18.1 Å². The molecular weight excluding hydrogens is 384 g/mol. The first-order chi connectivity index (χ1) is 14.0. The number of nitro benzene ring substituents is 1. The van der Waals surface area contributed by atoms with Crippen molar-refractivity contribution in [2.45, 2.75) is 26.2 Å². The molecule has 29 heavy (non-hydrogen) atoms. The normalized spacial score (nSPS) is 18.3. The minimum Gasteiger partial charge on any atom is -0.467 e. The summed E-state index contributed by atoms with van der Waals surface area (Å²) in [5, 5.41) is 11.2. The van der Waals surface area contributed by atoms with E-state index in [-0.39, 0.29) is 44.6 Å². The van der Waals surface area contributed by atoms with Crippen LogP contribution in [0.5, 0.6) is 5.75 Å². The molecule has 3 heterocycles. The number of ether oxygens (including phenoxy) is 3. The van der Waals surface area contributed by atoms with Gasteiger partial charge in [-0.05, 0) is 12.1 Å². The summed E-state index contributed by atoms with van der Waals surface area (Å²) < 4.78 is 21.2. The number of non-ortho nitro benzene ring substituents is 1. The number of rotatable bonds is 6. The SMILES string of the molecule is O=C(OCc1cc([N+](=O)[O-])cc2c1OCOC2)[C@H]1CC(=O)N(Cc2ccco2)C1. The Morgan fingerprint density at radius 2 is 2.24 bits per heavy atom. The molecule has 2 aliphatic rings. The molecule has 4 rings (SSSR count). The zero-order valence-electron chi connectivity index (χ0n) is 15.4. The van der Waals surface area contributed by atoms with Crippen LogP contribution < -0.4 is 4.74 Å². The number of nitrogens with zero attached hydrogens (tertiary/aromatic N) is 2. The van der Waals surface area contributed by atoms with E-state index in [9.17, 15) is 19.7 Å². The topological polar surface area (TPSA) is 121 Å². The van der Waals surface area contributed by atoms with Crippen molar-refractivity contribution in [2.75, 3.05) is 13.3 Å². The molecule has 0 unspecified atom stereocenters. The van der Waals surface area contributed by atoms with E-state index in [1.54, 1.807) is 17.0 Å². The summed E-state index contributed by atoms with van der Waals surface area (Å²) in [7, 11) is 0. The fourth-order valence-corrected chi connectivity index (χ4v) is 3.43. The molecule has 0 aliphatic carbocycles. The second-order valence-electron chi connectivity index (χ2n) is 6.82. The molecule has 0 spiro atoms. The van der Waals surface area contributed by atoms with Crippen molar-refractivity contribution in [2.24, 2.45) is 5.92 Å². The number of furan rings is 1. The summed E-state index contributed by atoms with van der Waals surface area (Å²) in [4.78, 5) is 36.8. The number of benzene rings is 1. The number of esters is 1. The molecule has 1 atom stereocenters. The van der Waals surface area contributed by atoms with Gasteiger partial charge in [-0.2, -0.15) is 0 Å². The fourth-order valence-electron chi connectivity index (χ4n) is 3.43. The van der Waals surface area contributed by atoms with Crippen LogP contribution in [-0.4, -0.2) is 35.0 Å². The van der Waals surface area contributed by atoms with E-state index in [0.29, 0.717) is 29.2 Å². The number of nitro groups is 1. The number of hydrogen-bond acceptors (Lipinski definition) is 8. The molecule has 1 fully saturated rings. The molecule has 0 radical (unpaired) electrons. The lowest BCUT2D eigenvalue weighted by Gasteiger charge is -2.20. The fraction of sp³-hybridized carbons (Fsp3) is 0.368. The van der Waals surface area contributed by atoms with E-state index < -0.39 is 16.8 Å². The largest absolute Gasteiger partial charge is 0.467 e. The van der Waals surface area contributed by atoms with Crippen LogP contribution in [0.25, 0.3) is 0 Å². The summed E-state index contributed by atoms with van der Waals surface area (Å²) >= 11 is 0. The maximum Gasteiger partial charge on any atom is 0.311 e. The smallest absolute Gasteiger partial charge is 0.311 e. The summed E-state index contributed by atoms with van der Waals surface area (Å²) in [5.74, 6) is -0.230. The van der Waals surface area contributed by atoms with Crippen molar-refractivity contribution in [3.05, 3.63) is 57.5 Å². The predicted octanol–water partition coefficient (Wildman–Crippen LogP) is 2.15. The van der Waals surface area contributed by atoms with Gasteiger partial charge in [-0.25, -0.2) is 0 Å². The van der Waals surface area contributed by atoms with Gasteiger partial charge in [-0.15, -0.1) is 0 Å². The van der Waals surface area contributed by atoms with E-state index in [1.807, 2.05) is 0 Å². The van der Waals surface area contributed by atoms with Crippen LogP contribution in [0.2, 0.25) is 0 Å². The highest BCUT2D eigenvalue weighted by molar-refractivity contribution is 5.86. The van der Waals surface area contributed by atoms with E-state index >= 15 is 0 Å². The van der Waals surface area contributed by atoms with Crippen molar-refractivity contribution in [1.82, 2.24) is 4.90 Å². The lowest BCUT2D eigenvalue weighted by Crippen LogP contribution is -2.26. The summed E-state index contributed by atoms with van der Waals surface area (Å²) in [6.07, 6.45) is 1.57. The Bertz CT molecular complexity index is 940. The van der Waals surface area contributed by atoms with Crippen molar-refractivity contribution < 1.29 is 33.1 Å². The highest BCUT2D eigenvalue weighted by atomic mass is 16.7. The third kappa shape index (κ3) is 4.06. The van der Waals surface area contributed by atoms with E-state index in [1.165, 1.54) is 18.4 Å². The van der Waals surface area contributed by atoms with Gasteiger partial charge in [-0.1, -0.05) is 0 Å². The second-order valence-corrected chi connectivity index (χ2v) is 6.82. The zero-order valence-corrected chi connectivity index (χ0v) is 15.4. The molecule has 1 amide bonds. The van der Waals surface area contributed by atoms with Crippen LogP contribution in [0.4, 0.5) is 5.69 Å². The van der Waals surface area contributed by atoms with Gasteiger partial charge in [0, 0.05) is 36.2 Å². The van der Waals surface area contributed by atoms with Gasteiger partial charge in [0.25, 0.3) is 5.69 Å². The van der Waals surface area contributed by atoms with E-state index in [4.69, 9.17) is 18.6 Å². The van der Waals surface area contributed by atoms with Crippen molar-refractivity contribution in [3.63, 3.8) is 0 Å². The van der Waals surface area contributed by atoms with Crippen LogP contribution in [-0.2, 0) is 38.8 Å².